The molecule has 0 bridgehead atoms. The van der Waals surface area contributed by atoms with Crippen molar-refractivity contribution >= 4 is 35.8 Å². The summed E-state index contributed by atoms with van der Waals surface area (Å²) in [6.07, 6.45) is 6.82. The molecule has 1 saturated heterocycles. The topological polar surface area (TPSA) is 66.0 Å². The summed E-state index contributed by atoms with van der Waals surface area (Å²) in [6.45, 7) is 6.27. The third-order valence-electron chi connectivity index (χ3n) is 5.42. The normalized spacial score (nSPS) is 18.7. The molecule has 0 aromatic heterocycles. The van der Waals surface area contributed by atoms with Crippen molar-refractivity contribution in [2.45, 2.75) is 51.6 Å². The van der Waals surface area contributed by atoms with Crippen LogP contribution in [0.1, 0.15) is 56.3 Å². The molecule has 0 radical (unpaired) electrons. The molecular weight excluding hydrogens is 479 g/mol. The summed E-state index contributed by atoms with van der Waals surface area (Å²) in [5, 5.41) is 6.52. The fraction of sp³-hybridized carbons (Fsp3) is 0.636. The first-order chi connectivity index (χ1) is 13.8. The Morgan fingerprint density at radius 1 is 1.21 bits per heavy atom. The second kappa shape index (κ2) is 13.1. The molecule has 3 rings (SSSR count). The maximum atomic E-state index is 12.1. The average Bonchev–Trinajstić information content (AvgIpc) is 3.26. The molecule has 1 aromatic rings. The highest BCUT2D eigenvalue weighted by atomic mass is 127. The van der Waals surface area contributed by atoms with Crippen LogP contribution in [-0.2, 0) is 16.0 Å². The molecule has 1 fully saturated rings. The van der Waals surface area contributed by atoms with Gasteiger partial charge < -0.3 is 20.3 Å². The summed E-state index contributed by atoms with van der Waals surface area (Å²) < 4.78 is 6.16. The lowest BCUT2D eigenvalue weighted by Crippen LogP contribution is -2.39. The van der Waals surface area contributed by atoms with E-state index in [-0.39, 0.29) is 42.5 Å². The van der Waals surface area contributed by atoms with Gasteiger partial charge in [0.05, 0.1) is 6.10 Å². The van der Waals surface area contributed by atoms with Crippen molar-refractivity contribution in [1.82, 2.24) is 15.5 Å². The quantitative estimate of drug-likeness (QED) is 0.242. The van der Waals surface area contributed by atoms with Crippen LogP contribution in [0.5, 0.6) is 0 Å². The van der Waals surface area contributed by atoms with E-state index in [2.05, 4.69) is 39.9 Å². The van der Waals surface area contributed by atoms with E-state index in [1.54, 1.807) is 0 Å². The Balaban J connectivity index is 0.00000300. The van der Waals surface area contributed by atoms with Gasteiger partial charge in [0.15, 0.2) is 5.96 Å². The van der Waals surface area contributed by atoms with Gasteiger partial charge in [-0.25, -0.2) is 4.99 Å². The highest BCUT2D eigenvalue weighted by Gasteiger charge is 2.20. The minimum Gasteiger partial charge on any atom is -0.373 e. The van der Waals surface area contributed by atoms with E-state index in [0.717, 1.165) is 64.9 Å². The number of amides is 1. The maximum absolute atomic E-state index is 12.1. The number of likely N-dealkylation sites (tertiary alicyclic amines) is 1. The van der Waals surface area contributed by atoms with Gasteiger partial charge in [-0.15, -0.1) is 24.0 Å². The summed E-state index contributed by atoms with van der Waals surface area (Å²) in [5.74, 6) is 0.826. The second-order valence-electron chi connectivity index (χ2n) is 7.51. The fourth-order valence-corrected chi connectivity index (χ4v) is 3.94. The number of guanidine groups is 1. The molecule has 0 saturated carbocycles. The van der Waals surface area contributed by atoms with E-state index >= 15 is 0 Å². The van der Waals surface area contributed by atoms with Gasteiger partial charge in [-0.2, -0.15) is 0 Å². The van der Waals surface area contributed by atoms with Gasteiger partial charge in [-0.05, 0) is 56.6 Å². The summed E-state index contributed by atoms with van der Waals surface area (Å²) in [6, 6.07) is 8.63. The summed E-state index contributed by atoms with van der Waals surface area (Å²) in [5.41, 5.74) is 2.79. The Morgan fingerprint density at radius 3 is 2.79 bits per heavy atom. The molecule has 0 spiro atoms. The smallest absolute Gasteiger partial charge is 0.244 e. The first kappa shape index (κ1) is 23.9. The minimum atomic E-state index is 0. The fourth-order valence-electron chi connectivity index (χ4n) is 3.94. The van der Waals surface area contributed by atoms with Crippen LogP contribution >= 0.6 is 24.0 Å². The number of hydrogen-bond acceptors (Lipinski definition) is 3. The van der Waals surface area contributed by atoms with Crippen LogP contribution in [-0.4, -0.2) is 56.1 Å². The number of fused-ring (bicyclic) bond motifs is 1. The molecule has 162 valence electrons. The number of benzene rings is 1. The van der Waals surface area contributed by atoms with Crippen LogP contribution < -0.4 is 10.6 Å². The van der Waals surface area contributed by atoms with Crippen molar-refractivity contribution in [3.63, 3.8) is 0 Å². The van der Waals surface area contributed by atoms with E-state index in [1.165, 1.54) is 17.5 Å². The number of rotatable bonds is 8. The first-order valence-electron chi connectivity index (χ1n) is 10.8. The molecule has 1 aliphatic carbocycles. The van der Waals surface area contributed by atoms with Crippen molar-refractivity contribution in [2.24, 2.45) is 4.99 Å². The Labute approximate surface area is 191 Å². The Bertz CT molecular complexity index is 662. The second-order valence-corrected chi connectivity index (χ2v) is 7.51. The van der Waals surface area contributed by atoms with E-state index in [0.29, 0.717) is 5.96 Å². The van der Waals surface area contributed by atoms with Crippen molar-refractivity contribution in [3.05, 3.63) is 35.4 Å². The molecule has 1 atom stereocenters. The van der Waals surface area contributed by atoms with Crippen LogP contribution in [0.2, 0.25) is 0 Å². The number of nitrogens with one attached hydrogen (secondary N) is 2. The Hall–Kier alpha value is -1.35. The van der Waals surface area contributed by atoms with Gasteiger partial charge in [0.2, 0.25) is 5.91 Å². The number of carbonyl (C=O) groups excluding carboxylic acids is 1. The lowest BCUT2D eigenvalue weighted by molar-refractivity contribution is -0.128. The molecule has 1 aromatic carbocycles. The lowest BCUT2D eigenvalue weighted by Gasteiger charge is -2.25. The molecule has 1 unspecified atom stereocenters. The molecular formula is C22H35IN4O2. The zero-order chi connectivity index (χ0) is 19.6. The van der Waals surface area contributed by atoms with Crippen molar-refractivity contribution in [3.8, 4) is 0 Å². The third-order valence-corrected chi connectivity index (χ3v) is 5.42. The summed E-state index contributed by atoms with van der Waals surface area (Å²) in [7, 11) is 0. The van der Waals surface area contributed by atoms with Gasteiger partial charge in [0.1, 0.15) is 6.54 Å². The van der Waals surface area contributed by atoms with E-state index < -0.39 is 0 Å². The molecule has 2 N–H and O–H groups in total. The summed E-state index contributed by atoms with van der Waals surface area (Å²) >= 11 is 0. The highest BCUT2D eigenvalue weighted by Crippen LogP contribution is 2.32. The van der Waals surface area contributed by atoms with Crippen molar-refractivity contribution in [1.29, 1.82) is 0 Å². The Kier molecular flexibility index (Phi) is 10.8. The third kappa shape index (κ3) is 7.44. The van der Waals surface area contributed by atoms with E-state index in [9.17, 15) is 4.79 Å². The van der Waals surface area contributed by atoms with Gasteiger partial charge in [-0.3, -0.25) is 4.79 Å². The first-order valence-corrected chi connectivity index (χ1v) is 10.8. The largest absolute Gasteiger partial charge is 0.373 e. The molecule has 1 aliphatic heterocycles. The van der Waals surface area contributed by atoms with Crippen LogP contribution in [0.15, 0.2) is 29.3 Å². The molecule has 1 amide bonds. The van der Waals surface area contributed by atoms with E-state index in [4.69, 9.17) is 4.74 Å². The monoisotopic (exact) mass is 514 g/mol. The molecule has 1 heterocycles. The minimum absolute atomic E-state index is 0. The van der Waals surface area contributed by atoms with Crippen molar-refractivity contribution < 1.29 is 9.53 Å². The van der Waals surface area contributed by atoms with Gasteiger partial charge in [-0.1, -0.05) is 24.3 Å². The van der Waals surface area contributed by atoms with Crippen molar-refractivity contribution in [2.75, 3.05) is 39.3 Å². The van der Waals surface area contributed by atoms with E-state index in [1.807, 2.05) is 11.8 Å². The molecule has 29 heavy (non-hydrogen) atoms. The average molecular weight is 514 g/mol. The molecule has 6 nitrogen and oxygen atoms in total. The zero-order valence-electron chi connectivity index (χ0n) is 17.5. The number of aliphatic imine (C=N–C) groups is 1. The van der Waals surface area contributed by atoms with Crippen LogP contribution in [0.25, 0.3) is 0 Å². The number of nitrogens with zero attached hydrogens (tertiary/aromatic N) is 2. The number of ether oxygens (including phenoxy) is 1. The Morgan fingerprint density at radius 2 is 2.00 bits per heavy atom. The standard InChI is InChI=1S/C22H34N4O2.HI/c1-2-23-22(25-17-21(27)26-14-5-6-15-26)24-13-8-16-28-20-12-7-10-18-9-3-4-11-19(18)20;/h3-4,9,11,20H,2,5-8,10,12-17H2,1H3,(H2,23,24,25);1H. The SMILES string of the molecule is CCNC(=NCC(=O)N1CCCC1)NCCCOC1CCCc2ccccc21.I. The van der Waals surface area contributed by atoms with Crippen LogP contribution in [0, 0.1) is 0 Å². The highest BCUT2D eigenvalue weighted by molar-refractivity contribution is 14.0. The predicted octanol–water partition coefficient (Wildman–Crippen LogP) is 3.27. The number of halogens is 1. The van der Waals surface area contributed by atoms with Gasteiger partial charge in [0, 0.05) is 32.8 Å². The lowest BCUT2D eigenvalue weighted by atomic mass is 9.89. The molecule has 2 aliphatic rings. The van der Waals surface area contributed by atoms with Gasteiger partial charge in [0.25, 0.3) is 0 Å². The number of aryl methyl sites for hydroxylation is 1. The van der Waals surface area contributed by atoms with Crippen LogP contribution in [0.3, 0.4) is 0 Å². The van der Waals surface area contributed by atoms with Crippen LogP contribution in [0.4, 0.5) is 0 Å². The summed E-state index contributed by atoms with van der Waals surface area (Å²) in [4.78, 5) is 18.5. The molecule has 7 heteroatoms. The zero-order valence-corrected chi connectivity index (χ0v) is 19.8. The maximum Gasteiger partial charge on any atom is 0.244 e. The number of hydrogen-bond donors (Lipinski definition) is 2. The van der Waals surface area contributed by atoms with Gasteiger partial charge >= 0.3 is 0 Å². The number of carbonyl (C=O) groups is 1. The predicted molar refractivity (Wildman–Crippen MR) is 128 cm³/mol.